The van der Waals surface area contributed by atoms with E-state index in [0.29, 0.717) is 48.4 Å². The third-order valence-corrected chi connectivity index (χ3v) is 6.71. The largest absolute Gasteiger partial charge is 0.439 e. The first kappa shape index (κ1) is 23.7. The van der Waals surface area contributed by atoms with E-state index in [9.17, 15) is 9.59 Å². The van der Waals surface area contributed by atoms with Gasteiger partial charge in [-0.3, -0.25) is 9.59 Å². The molecule has 1 amide bonds. The summed E-state index contributed by atoms with van der Waals surface area (Å²) in [7, 11) is 3.39. The van der Waals surface area contributed by atoms with Crippen molar-refractivity contribution in [3.05, 3.63) is 70.0 Å². The summed E-state index contributed by atoms with van der Waals surface area (Å²) in [4.78, 5) is 36.6. The van der Waals surface area contributed by atoms with Crippen LogP contribution in [0.25, 0.3) is 27.5 Å². The number of morpholine rings is 1. The van der Waals surface area contributed by atoms with Crippen molar-refractivity contribution in [2.75, 3.05) is 50.6 Å². The summed E-state index contributed by atoms with van der Waals surface area (Å²) in [6.07, 6.45) is 6.45. The number of benzene rings is 1. The number of amides is 1. The van der Waals surface area contributed by atoms with Crippen LogP contribution in [0.15, 0.2) is 63.4 Å². The molecule has 0 bridgehead atoms. The molecule has 3 aromatic heterocycles. The lowest BCUT2D eigenvalue weighted by Crippen LogP contribution is -2.36. The maximum Gasteiger partial charge on any atom is 0.246 e. The van der Waals surface area contributed by atoms with Gasteiger partial charge in [0.1, 0.15) is 4.70 Å². The number of thiophene rings is 1. The van der Waals surface area contributed by atoms with Crippen LogP contribution in [0.3, 0.4) is 0 Å². The Morgan fingerprint density at radius 1 is 1.14 bits per heavy atom. The van der Waals surface area contributed by atoms with Crippen molar-refractivity contribution < 1.29 is 13.9 Å². The van der Waals surface area contributed by atoms with Crippen LogP contribution in [0.2, 0.25) is 0 Å². The second-order valence-electron chi connectivity index (χ2n) is 8.46. The van der Waals surface area contributed by atoms with Crippen LogP contribution in [0.5, 0.6) is 0 Å². The molecular weight excluding hydrogens is 478 g/mol. The molecular formula is C26H25N5O4S. The van der Waals surface area contributed by atoms with Crippen LogP contribution >= 0.6 is 11.3 Å². The van der Waals surface area contributed by atoms with Crippen molar-refractivity contribution in [3.63, 3.8) is 0 Å². The number of carbonyl (C=O) groups excluding carboxylic acids is 1. The molecule has 0 spiro atoms. The van der Waals surface area contributed by atoms with Crippen LogP contribution in [-0.4, -0.2) is 61.2 Å². The maximum absolute atomic E-state index is 12.7. The molecule has 1 aliphatic heterocycles. The Morgan fingerprint density at radius 2 is 1.86 bits per heavy atom. The van der Waals surface area contributed by atoms with E-state index in [2.05, 4.69) is 15.3 Å². The molecule has 0 aliphatic carbocycles. The SMILES string of the molecule is CN(C)C(=O)/C=C/c1cnc(Nc2ccc(-c3csc4c(=O)cc(N5CCOCC5)oc34)cc2)nc1. The number of aromatic nitrogens is 2. The first-order valence-electron chi connectivity index (χ1n) is 11.4. The number of nitrogens with one attached hydrogen (secondary N) is 1. The van der Waals surface area contributed by atoms with Crippen LogP contribution in [0.4, 0.5) is 17.5 Å². The fourth-order valence-electron chi connectivity index (χ4n) is 3.74. The number of carbonyl (C=O) groups is 1. The van der Waals surface area contributed by atoms with Gasteiger partial charge in [0.15, 0.2) is 11.5 Å². The third-order valence-electron chi connectivity index (χ3n) is 5.74. The monoisotopic (exact) mass is 503 g/mol. The summed E-state index contributed by atoms with van der Waals surface area (Å²) in [6.45, 7) is 2.63. The average Bonchev–Trinajstić information content (AvgIpc) is 3.34. The zero-order chi connectivity index (χ0) is 25.1. The number of anilines is 3. The molecule has 0 saturated carbocycles. The number of rotatable bonds is 6. The third kappa shape index (κ3) is 5.14. The Kier molecular flexibility index (Phi) is 6.79. The molecule has 5 rings (SSSR count). The van der Waals surface area contributed by atoms with Gasteiger partial charge < -0.3 is 24.3 Å². The summed E-state index contributed by atoms with van der Waals surface area (Å²) in [5.41, 5.74) is 3.95. The Bertz CT molecular complexity index is 1450. The molecule has 184 valence electrons. The van der Waals surface area contributed by atoms with E-state index in [4.69, 9.17) is 9.15 Å². The lowest BCUT2D eigenvalue weighted by atomic mass is 10.1. The molecule has 10 heteroatoms. The predicted octanol–water partition coefficient (Wildman–Crippen LogP) is 3.99. The number of fused-ring (bicyclic) bond motifs is 1. The molecule has 1 aromatic carbocycles. The van der Waals surface area contributed by atoms with E-state index in [1.807, 2.05) is 34.5 Å². The highest BCUT2D eigenvalue weighted by molar-refractivity contribution is 7.17. The number of likely N-dealkylation sites (N-methyl/N-ethyl adjacent to an activating group) is 1. The summed E-state index contributed by atoms with van der Waals surface area (Å²) in [5.74, 6) is 0.920. The van der Waals surface area contributed by atoms with Gasteiger partial charge in [-0.1, -0.05) is 12.1 Å². The van der Waals surface area contributed by atoms with E-state index >= 15 is 0 Å². The molecule has 1 aliphatic rings. The summed E-state index contributed by atoms with van der Waals surface area (Å²) >= 11 is 1.39. The van der Waals surface area contributed by atoms with Gasteiger partial charge >= 0.3 is 0 Å². The topological polar surface area (TPSA) is 101 Å². The van der Waals surface area contributed by atoms with Gasteiger partial charge in [0.05, 0.1) is 13.2 Å². The molecule has 1 saturated heterocycles. The molecule has 4 heterocycles. The summed E-state index contributed by atoms with van der Waals surface area (Å²) in [5, 5.41) is 5.13. The fourth-order valence-corrected chi connectivity index (χ4v) is 4.65. The predicted molar refractivity (Wildman–Crippen MR) is 142 cm³/mol. The van der Waals surface area contributed by atoms with Gasteiger partial charge in [0.2, 0.25) is 17.3 Å². The highest BCUT2D eigenvalue weighted by Crippen LogP contribution is 2.35. The summed E-state index contributed by atoms with van der Waals surface area (Å²) in [6, 6.07) is 9.36. The van der Waals surface area contributed by atoms with Crippen LogP contribution in [-0.2, 0) is 9.53 Å². The van der Waals surface area contributed by atoms with Crippen molar-refractivity contribution in [1.29, 1.82) is 0 Å². The highest BCUT2D eigenvalue weighted by Gasteiger charge is 2.18. The van der Waals surface area contributed by atoms with Crippen LogP contribution in [0.1, 0.15) is 5.56 Å². The van der Waals surface area contributed by atoms with Crippen molar-refractivity contribution in [2.45, 2.75) is 0 Å². The molecule has 4 aromatic rings. The van der Waals surface area contributed by atoms with Gasteiger partial charge in [-0.15, -0.1) is 11.3 Å². The summed E-state index contributed by atoms with van der Waals surface area (Å²) < 4.78 is 12.2. The quantitative estimate of drug-likeness (QED) is 0.394. The number of hydrogen-bond acceptors (Lipinski definition) is 9. The minimum atomic E-state index is -0.104. The van der Waals surface area contributed by atoms with Gasteiger partial charge in [-0.25, -0.2) is 9.97 Å². The smallest absolute Gasteiger partial charge is 0.246 e. The molecule has 0 atom stereocenters. The molecule has 1 N–H and O–H groups in total. The fraction of sp³-hybridized carbons (Fsp3) is 0.231. The van der Waals surface area contributed by atoms with Crippen molar-refractivity contribution in [3.8, 4) is 11.1 Å². The van der Waals surface area contributed by atoms with E-state index in [1.54, 1.807) is 38.6 Å². The number of hydrogen-bond donors (Lipinski definition) is 1. The molecule has 36 heavy (non-hydrogen) atoms. The Balaban J connectivity index is 1.33. The van der Waals surface area contributed by atoms with E-state index in [0.717, 1.165) is 22.4 Å². The van der Waals surface area contributed by atoms with E-state index in [1.165, 1.54) is 22.3 Å². The maximum atomic E-state index is 12.7. The zero-order valence-corrected chi connectivity index (χ0v) is 20.7. The first-order valence-corrected chi connectivity index (χ1v) is 12.3. The van der Waals surface area contributed by atoms with Crippen LogP contribution < -0.4 is 15.6 Å². The second kappa shape index (κ2) is 10.3. The minimum absolute atomic E-state index is 0.0335. The van der Waals surface area contributed by atoms with Gasteiger partial charge in [-0.2, -0.15) is 0 Å². The van der Waals surface area contributed by atoms with Gasteiger partial charge in [0, 0.05) is 73.9 Å². The lowest BCUT2D eigenvalue weighted by Gasteiger charge is -2.27. The average molecular weight is 504 g/mol. The van der Waals surface area contributed by atoms with E-state index in [-0.39, 0.29) is 11.3 Å². The normalized spacial score (nSPS) is 13.9. The Labute approximate surface area is 211 Å². The number of ether oxygens (including phenoxy) is 1. The Hall–Kier alpha value is -4.02. The molecule has 0 unspecified atom stereocenters. The Morgan fingerprint density at radius 3 is 2.56 bits per heavy atom. The van der Waals surface area contributed by atoms with Gasteiger partial charge in [-0.05, 0) is 23.8 Å². The zero-order valence-electron chi connectivity index (χ0n) is 19.9. The minimum Gasteiger partial charge on any atom is -0.439 e. The second-order valence-corrected chi connectivity index (χ2v) is 9.34. The van der Waals surface area contributed by atoms with Crippen molar-refractivity contribution in [1.82, 2.24) is 14.9 Å². The first-order chi connectivity index (χ1) is 17.5. The lowest BCUT2D eigenvalue weighted by molar-refractivity contribution is -0.123. The highest BCUT2D eigenvalue weighted by atomic mass is 32.1. The molecule has 9 nitrogen and oxygen atoms in total. The molecule has 0 radical (unpaired) electrons. The van der Waals surface area contributed by atoms with Gasteiger partial charge in [0.25, 0.3) is 0 Å². The van der Waals surface area contributed by atoms with Crippen molar-refractivity contribution in [2.24, 2.45) is 0 Å². The molecule has 1 fully saturated rings. The van der Waals surface area contributed by atoms with Crippen LogP contribution in [0, 0.1) is 0 Å². The standard InChI is InChI=1S/C26H25N5O4S/c1-30(2)22(33)8-3-17-14-27-26(28-15-17)29-19-6-4-18(5-7-19)20-16-36-25-21(32)13-23(35-24(20)25)31-9-11-34-12-10-31/h3-8,13-16H,9-12H2,1-2H3,(H,27,28,29)/b8-3+. The van der Waals surface area contributed by atoms with Crippen molar-refractivity contribution >= 4 is 51.1 Å². The number of nitrogens with zero attached hydrogens (tertiary/aromatic N) is 4. The van der Waals surface area contributed by atoms with E-state index < -0.39 is 0 Å².